The van der Waals surface area contributed by atoms with Crippen molar-refractivity contribution >= 4 is 22.6 Å². The van der Waals surface area contributed by atoms with Crippen molar-refractivity contribution in [3.63, 3.8) is 0 Å². The van der Waals surface area contributed by atoms with Gasteiger partial charge in [0.1, 0.15) is 17.4 Å². The summed E-state index contributed by atoms with van der Waals surface area (Å²) >= 11 is 0. The zero-order valence-electron chi connectivity index (χ0n) is 16.0. The van der Waals surface area contributed by atoms with E-state index in [0.29, 0.717) is 40.1 Å². The van der Waals surface area contributed by atoms with Crippen LogP contribution >= 0.6 is 0 Å². The molecule has 0 aliphatic heterocycles. The van der Waals surface area contributed by atoms with Gasteiger partial charge < -0.3 is 15.6 Å². The Morgan fingerprint density at radius 3 is 2.73 bits per heavy atom. The Balaban J connectivity index is 2.07. The van der Waals surface area contributed by atoms with Gasteiger partial charge in [0.15, 0.2) is 0 Å². The number of carbonyl (C=O) groups is 1. The highest BCUT2D eigenvalue weighted by molar-refractivity contribution is 6.06. The summed E-state index contributed by atoms with van der Waals surface area (Å²) in [7, 11) is 0. The Bertz CT molecular complexity index is 832. The second kappa shape index (κ2) is 7.14. The molecular formula is C21H28N2O3. The first-order valence-corrected chi connectivity index (χ1v) is 9.38. The van der Waals surface area contributed by atoms with Crippen molar-refractivity contribution in [2.24, 2.45) is 17.8 Å². The van der Waals surface area contributed by atoms with Gasteiger partial charge in [-0.2, -0.15) is 0 Å². The van der Waals surface area contributed by atoms with Gasteiger partial charge in [-0.25, -0.2) is 4.79 Å². The van der Waals surface area contributed by atoms with Gasteiger partial charge in [0, 0.05) is 0 Å². The Labute approximate surface area is 154 Å². The van der Waals surface area contributed by atoms with Crippen molar-refractivity contribution in [3.05, 3.63) is 29.5 Å². The Kier molecular flexibility index (Phi) is 5.08. The molecule has 26 heavy (non-hydrogen) atoms. The molecule has 1 saturated carbocycles. The topological polar surface area (TPSA) is 85.4 Å². The quantitative estimate of drug-likeness (QED) is 0.832. The van der Waals surface area contributed by atoms with Gasteiger partial charge in [0.05, 0.1) is 22.3 Å². The number of fused-ring (bicyclic) bond motifs is 1. The minimum atomic E-state index is -1.06. The molecule has 0 unspecified atom stereocenters. The van der Waals surface area contributed by atoms with E-state index in [0.717, 1.165) is 12.8 Å². The number of anilines is 1. The maximum atomic E-state index is 11.6. The molecule has 5 nitrogen and oxygen atoms in total. The number of ether oxygens (including phenoxy) is 1. The van der Waals surface area contributed by atoms with Crippen LogP contribution in [0.3, 0.4) is 0 Å². The third-order valence-corrected chi connectivity index (χ3v) is 5.65. The number of nitrogen functional groups attached to an aromatic ring is 1. The van der Waals surface area contributed by atoms with E-state index in [4.69, 9.17) is 10.5 Å². The molecule has 3 rings (SSSR count). The summed E-state index contributed by atoms with van der Waals surface area (Å²) in [5, 5.41) is 10.1. The lowest BCUT2D eigenvalue weighted by molar-refractivity contribution is 0.0472. The lowest BCUT2D eigenvalue weighted by Crippen LogP contribution is -2.36. The highest BCUT2D eigenvalue weighted by Crippen LogP contribution is 2.39. The van der Waals surface area contributed by atoms with E-state index >= 15 is 0 Å². The number of aromatic nitrogens is 1. The highest BCUT2D eigenvalue weighted by Gasteiger charge is 2.33. The summed E-state index contributed by atoms with van der Waals surface area (Å²) in [5.41, 5.74) is 7.64. The van der Waals surface area contributed by atoms with Gasteiger partial charge in [-0.1, -0.05) is 33.3 Å². The second-order valence-electron chi connectivity index (χ2n) is 7.92. The molecule has 5 heteroatoms. The van der Waals surface area contributed by atoms with Crippen molar-refractivity contribution in [2.45, 2.75) is 53.1 Å². The van der Waals surface area contributed by atoms with Crippen LogP contribution in [0.2, 0.25) is 0 Å². The van der Waals surface area contributed by atoms with Crippen LogP contribution < -0.4 is 10.5 Å². The van der Waals surface area contributed by atoms with E-state index < -0.39 is 5.97 Å². The summed E-state index contributed by atoms with van der Waals surface area (Å²) in [6, 6.07) is 5.61. The summed E-state index contributed by atoms with van der Waals surface area (Å²) in [5.74, 6) is 1.22. The summed E-state index contributed by atoms with van der Waals surface area (Å²) in [6.07, 6.45) is 3.49. The average Bonchev–Trinajstić information content (AvgIpc) is 2.54. The summed E-state index contributed by atoms with van der Waals surface area (Å²) in [6.45, 7) is 8.41. The van der Waals surface area contributed by atoms with Crippen molar-refractivity contribution in [2.75, 3.05) is 5.73 Å². The van der Waals surface area contributed by atoms with E-state index in [2.05, 4.69) is 25.8 Å². The predicted octanol–water partition coefficient (Wildman–Crippen LogP) is 4.66. The number of rotatable bonds is 4. The zero-order chi connectivity index (χ0) is 19.0. The van der Waals surface area contributed by atoms with Crippen LogP contribution in [-0.4, -0.2) is 22.2 Å². The van der Waals surface area contributed by atoms with Crippen LogP contribution in [0.25, 0.3) is 10.9 Å². The van der Waals surface area contributed by atoms with Gasteiger partial charge in [-0.15, -0.1) is 0 Å². The average molecular weight is 356 g/mol. The molecule has 0 saturated heterocycles. The van der Waals surface area contributed by atoms with Gasteiger partial charge in [-0.3, -0.25) is 4.98 Å². The molecular weight excluding hydrogens is 328 g/mol. The maximum Gasteiger partial charge on any atom is 0.339 e. The summed E-state index contributed by atoms with van der Waals surface area (Å²) in [4.78, 5) is 16.1. The maximum absolute atomic E-state index is 11.6. The first kappa shape index (κ1) is 18.5. The normalized spacial score (nSPS) is 23.3. The molecule has 1 aliphatic rings. The third kappa shape index (κ3) is 3.35. The number of pyridine rings is 1. The number of nitrogens with zero attached hydrogens (tertiary/aromatic N) is 1. The molecule has 0 radical (unpaired) electrons. The van der Waals surface area contributed by atoms with E-state index in [1.807, 2.05) is 18.2 Å². The molecule has 1 fully saturated rings. The second-order valence-corrected chi connectivity index (χ2v) is 7.92. The molecule has 3 atom stereocenters. The van der Waals surface area contributed by atoms with Crippen LogP contribution in [-0.2, 0) is 0 Å². The molecule has 1 heterocycles. The Morgan fingerprint density at radius 1 is 1.35 bits per heavy atom. The monoisotopic (exact) mass is 356 g/mol. The number of benzene rings is 1. The number of aromatic carboxylic acids is 1. The first-order valence-electron chi connectivity index (χ1n) is 9.38. The van der Waals surface area contributed by atoms with Crippen molar-refractivity contribution < 1.29 is 14.6 Å². The van der Waals surface area contributed by atoms with Gasteiger partial charge in [0.25, 0.3) is 0 Å². The van der Waals surface area contributed by atoms with Crippen molar-refractivity contribution in [1.82, 2.24) is 4.98 Å². The lowest BCUT2D eigenvalue weighted by Gasteiger charge is -2.37. The van der Waals surface area contributed by atoms with Crippen LogP contribution in [0, 0.1) is 24.7 Å². The Hall–Kier alpha value is -2.30. The van der Waals surface area contributed by atoms with Crippen molar-refractivity contribution in [3.8, 4) is 5.75 Å². The van der Waals surface area contributed by atoms with Crippen LogP contribution in [0.5, 0.6) is 5.75 Å². The standard InChI is InChI=1S/C21H28N2O3/c1-11(2)14-9-8-12(3)10-17(14)26-16-7-5-6-15-19(16)20(22)18(21(24)25)13(4)23-15/h5-7,11-12,14,17H,8-10H2,1-4H3,(H2,22,23)(H,24,25)/t12-,14-,17+/m0/s1. The molecule has 140 valence electrons. The highest BCUT2D eigenvalue weighted by atomic mass is 16.5. The van der Waals surface area contributed by atoms with Gasteiger partial charge in [0.2, 0.25) is 0 Å². The predicted molar refractivity (Wildman–Crippen MR) is 104 cm³/mol. The molecule has 2 aromatic rings. The number of hydrogen-bond donors (Lipinski definition) is 2. The molecule has 1 aromatic heterocycles. The molecule has 1 aliphatic carbocycles. The smallest absolute Gasteiger partial charge is 0.339 e. The molecule has 3 N–H and O–H groups in total. The van der Waals surface area contributed by atoms with Gasteiger partial charge >= 0.3 is 5.97 Å². The Morgan fingerprint density at radius 2 is 2.08 bits per heavy atom. The number of hydrogen-bond acceptors (Lipinski definition) is 4. The SMILES string of the molecule is Cc1nc2cccc(O[C@@H]3C[C@@H](C)CC[C@H]3C(C)C)c2c(N)c1C(=O)O. The molecule has 0 bridgehead atoms. The fourth-order valence-corrected chi connectivity index (χ4v) is 4.22. The van der Waals surface area contributed by atoms with E-state index in [9.17, 15) is 9.90 Å². The molecule has 0 spiro atoms. The van der Waals surface area contributed by atoms with E-state index in [-0.39, 0.29) is 17.4 Å². The fourth-order valence-electron chi connectivity index (χ4n) is 4.22. The van der Waals surface area contributed by atoms with E-state index in [1.54, 1.807) is 6.92 Å². The fraction of sp³-hybridized carbons (Fsp3) is 0.524. The van der Waals surface area contributed by atoms with Crippen LogP contribution in [0.4, 0.5) is 5.69 Å². The molecule has 0 amide bonds. The minimum Gasteiger partial charge on any atom is -0.489 e. The van der Waals surface area contributed by atoms with Gasteiger partial charge in [-0.05, 0) is 49.7 Å². The number of nitrogens with two attached hydrogens (primary N) is 1. The van der Waals surface area contributed by atoms with Crippen molar-refractivity contribution in [1.29, 1.82) is 0 Å². The number of carboxylic acids is 1. The lowest BCUT2D eigenvalue weighted by atomic mass is 9.75. The number of carboxylic acid groups (broad SMARTS) is 1. The minimum absolute atomic E-state index is 0.0611. The van der Waals surface area contributed by atoms with E-state index in [1.165, 1.54) is 6.42 Å². The molecule has 1 aromatic carbocycles. The zero-order valence-corrected chi connectivity index (χ0v) is 16.0. The van der Waals surface area contributed by atoms with Crippen LogP contribution in [0.1, 0.15) is 56.1 Å². The first-order chi connectivity index (χ1) is 12.3. The number of aryl methyl sites for hydroxylation is 1. The van der Waals surface area contributed by atoms with Crippen LogP contribution in [0.15, 0.2) is 18.2 Å². The largest absolute Gasteiger partial charge is 0.489 e. The summed E-state index contributed by atoms with van der Waals surface area (Å²) < 4.78 is 6.46. The third-order valence-electron chi connectivity index (χ3n) is 5.65.